The van der Waals surface area contributed by atoms with E-state index in [2.05, 4.69) is 15.5 Å². The fraction of sp³-hybridized carbons (Fsp3) is 0.700. The average Bonchev–Trinajstić information content (AvgIpc) is 2.68. The molecule has 1 unspecified atom stereocenters. The van der Waals surface area contributed by atoms with Crippen molar-refractivity contribution in [2.24, 2.45) is 18.7 Å². The Morgan fingerprint density at radius 1 is 1.69 bits per heavy atom. The second kappa shape index (κ2) is 6.22. The minimum Gasteiger partial charge on any atom is -0.349 e. The highest BCUT2D eigenvalue weighted by Gasteiger charge is 2.15. The second-order valence-corrected chi connectivity index (χ2v) is 3.80. The van der Waals surface area contributed by atoms with E-state index in [9.17, 15) is 4.79 Å². The highest BCUT2D eigenvalue weighted by atomic mass is 16.1. The summed E-state index contributed by atoms with van der Waals surface area (Å²) in [5, 5.41) is 10.4. The largest absolute Gasteiger partial charge is 0.349 e. The van der Waals surface area contributed by atoms with Gasteiger partial charge in [-0.1, -0.05) is 13.3 Å². The van der Waals surface area contributed by atoms with Gasteiger partial charge in [-0.15, -0.1) is 10.2 Å². The summed E-state index contributed by atoms with van der Waals surface area (Å²) >= 11 is 0. The molecule has 0 radical (unpaired) electrons. The Bertz CT molecular complexity index is 336. The Morgan fingerprint density at radius 3 is 2.94 bits per heavy atom. The van der Waals surface area contributed by atoms with Gasteiger partial charge in [0.15, 0.2) is 5.82 Å². The second-order valence-electron chi connectivity index (χ2n) is 3.80. The number of amides is 1. The van der Waals surface area contributed by atoms with Crippen LogP contribution in [0.3, 0.4) is 0 Å². The molecular weight excluding hydrogens is 206 g/mol. The molecule has 0 aliphatic rings. The van der Waals surface area contributed by atoms with Crippen LogP contribution in [0.2, 0.25) is 0 Å². The highest BCUT2D eigenvalue weighted by molar-refractivity contribution is 5.78. The molecule has 6 heteroatoms. The smallest absolute Gasteiger partial charge is 0.224 e. The van der Waals surface area contributed by atoms with E-state index in [-0.39, 0.29) is 11.8 Å². The van der Waals surface area contributed by atoms with Crippen LogP contribution in [0, 0.1) is 5.92 Å². The van der Waals surface area contributed by atoms with E-state index in [0.717, 1.165) is 18.7 Å². The van der Waals surface area contributed by atoms with Crippen LogP contribution >= 0.6 is 0 Å². The number of nitrogens with zero attached hydrogens (tertiary/aromatic N) is 3. The van der Waals surface area contributed by atoms with Crippen LogP contribution in [0.5, 0.6) is 0 Å². The maximum absolute atomic E-state index is 11.7. The molecule has 0 saturated heterocycles. The van der Waals surface area contributed by atoms with E-state index in [1.54, 1.807) is 10.9 Å². The van der Waals surface area contributed by atoms with Gasteiger partial charge in [0, 0.05) is 13.6 Å². The first-order chi connectivity index (χ1) is 7.69. The maximum atomic E-state index is 11.7. The van der Waals surface area contributed by atoms with Crippen LogP contribution in [0.15, 0.2) is 6.33 Å². The summed E-state index contributed by atoms with van der Waals surface area (Å²) in [6.45, 7) is 2.83. The Morgan fingerprint density at radius 2 is 2.44 bits per heavy atom. The van der Waals surface area contributed by atoms with Gasteiger partial charge in [0.05, 0.1) is 12.5 Å². The molecule has 1 rings (SSSR count). The van der Waals surface area contributed by atoms with Gasteiger partial charge in [0.2, 0.25) is 5.91 Å². The molecule has 0 saturated carbocycles. The highest BCUT2D eigenvalue weighted by Crippen LogP contribution is 2.04. The molecule has 1 atom stereocenters. The minimum atomic E-state index is -0.0989. The molecule has 0 aliphatic carbocycles. The number of aromatic nitrogens is 3. The molecule has 1 amide bonds. The first-order valence-electron chi connectivity index (χ1n) is 5.49. The van der Waals surface area contributed by atoms with Gasteiger partial charge in [-0.25, -0.2) is 0 Å². The van der Waals surface area contributed by atoms with E-state index in [1.165, 1.54) is 0 Å². The van der Waals surface area contributed by atoms with E-state index in [0.29, 0.717) is 13.1 Å². The Balaban J connectivity index is 2.42. The van der Waals surface area contributed by atoms with Gasteiger partial charge in [-0.2, -0.15) is 0 Å². The Kier molecular flexibility index (Phi) is 4.91. The van der Waals surface area contributed by atoms with Crippen LogP contribution in [0.4, 0.5) is 0 Å². The molecule has 1 heterocycles. The van der Waals surface area contributed by atoms with Gasteiger partial charge in [-0.05, 0) is 6.42 Å². The summed E-state index contributed by atoms with van der Waals surface area (Å²) in [5.74, 6) is 0.631. The quantitative estimate of drug-likeness (QED) is 0.702. The Hall–Kier alpha value is -1.43. The third-order valence-corrected chi connectivity index (χ3v) is 2.52. The lowest BCUT2D eigenvalue weighted by Crippen LogP contribution is -2.35. The normalized spacial score (nSPS) is 12.4. The van der Waals surface area contributed by atoms with E-state index < -0.39 is 0 Å². The minimum absolute atomic E-state index is 0.00708. The van der Waals surface area contributed by atoms with Gasteiger partial charge < -0.3 is 15.6 Å². The van der Waals surface area contributed by atoms with Crippen LogP contribution < -0.4 is 11.1 Å². The molecule has 1 aromatic heterocycles. The molecule has 1 aromatic rings. The van der Waals surface area contributed by atoms with Gasteiger partial charge in [-0.3, -0.25) is 4.79 Å². The molecule has 16 heavy (non-hydrogen) atoms. The first kappa shape index (κ1) is 12.6. The number of rotatable bonds is 6. The third kappa shape index (κ3) is 3.30. The molecule has 0 fully saturated rings. The molecule has 90 valence electrons. The van der Waals surface area contributed by atoms with Gasteiger partial charge in [0.1, 0.15) is 6.33 Å². The molecule has 6 nitrogen and oxygen atoms in total. The summed E-state index contributed by atoms with van der Waals surface area (Å²) in [7, 11) is 1.84. The van der Waals surface area contributed by atoms with Crippen molar-refractivity contribution < 1.29 is 4.79 Å². The third-order valence-electron chi connectivity index (χ3n) is 2.52. The number of nitrogens with two attached hydrogens (primary N) is 1. The van der Waals surface area contributed by atoms with E-state index >= 15 is 0 Å². The predicted octanol–water partition coefficient (Wildman–Crippen LogP) is -0.194. The molecule has 0 aliphatic heterocycles. The van der Waals surface area contributed by atoms with Crippen molar-refractivity contribution in [2.75, 3.05) is 6.54 Å². The number of hydrogen-bond acceptors (Lipinski definition) is 4. The fourth-order valence-corrected chi connectivity index (χ4v) is 1.48. The number of carbonyl (C=O) groups excluding carboxylic acids is 1. The zero-order valence-electron chi connectivity index (χ0n) is 9.81. The summed E-state index contributed by atoms with van der Waals surface area (Å²) in [5.41, 5.74) is 5.54. The molecule has 0 aromatic carbocycles. The molecular formula is C10H19N5O. The standard InChI is InChI=1S/C10H19N5O/c1-3-4-8(5-11)10(16)12-6-9-14-13-7-15(9)2/h7-8H,3-6,11H2,1-2H3,(H,12,16). The summed E-state index contributed by atoms with van der Waals surface area (Å²) < 4.78 is 1.78. The topological polar surface area (TPSA) is 85.8 Å². The van der Waals surface area contributed by atoms with Crippen LogP contribution in [-0.4, -0.2) is 27.2 Å². The zero-order chi connectivity index (χ0) is 12.0. The molecule has 0 spiro atoms. The van der Waals surface area contributed by atoms with Crippen molar-refractivity contribution in [2.45, 2.75) is 26.3 Å². The lowest BCUT2D eigenvalue weighted by molar-refractivity contribution is -0.125. The van der Waals surface area contributed by atoms with Crippen molar-refractivity contribution in [3.8, 4) is 0 Å². The van der Waals surface area contributed by atoms with Crippen molar-refractivity contribution in [3.05, 3.63) is 12.2 Å². The summed E-state index contributed by atoms with van der Waals surface area (Å²) in [6, 6.07) is 0. The number of nitrogens with one attached hydrogen (secondary N) is 1. The van der Waals surface area contributed by atoms with E-state index in [4.69, 9.17) is 5.73 Å². The SMILES string of the molecule is CCCC(CN)C(=O)NCc1nncn1C. The average molecular weight is 225 g/mol. The number of aryl methyl sites for hydroxylation is 1. The Labute approximate surface area is 95.2 Å². The number of carbonyl (C=O) groups is 1. The fourth-order valence-electron chi connectivity index (χ4n) is 1.48. The first-order valence-corrected chi connectivity index (χ1v) is 5.49. The van der Waals surface area contributed by atoms with E-state index in [1.807, 2.05) is 14.0 Å². The number of hydrogen-bond donors (Lipinski definition) is 2. The summed E-state index contributed by atoms with van der Waals surface area (Å²) in [4.78, 5) is 11.7. The maximum Gasteiger partial charge on any atom is 0.224 e. The lowest BCUT2D eigenvalue weighted by atomic mass is 10.0. The molecule has 0 bridgehead atoms. The van der Waals surface area contributed by atoms with Crippen molar-refractivity contribution in [3.63, 3.8) is 0 Å². The predicted molar refractivity (Wildman–Crippen MR) is 60.3 cm³/mol. The van der Waals surface area contributed by atoms with Crippen LogP contribution in [-0.2, 0) is 18.4 Å². The van der Waals surface area contributed by atoms with Crippen molar-refractivity contribution in [1.29, 1.82) is 0 Å². The zero-order valence-corrected chi connectivity index (χ0v) is 9.81. The van der Waals surface area contributed by atoms with Gasteiger partial charge >= 0.3 is 0 Å². The van der Waals surface area contributed by atoms with Crippen LogP contribution in [0.25, 0.3) is 0 Å². The summed E-state index contributed by atoms with van der Waals surface area (Å²) in [6.07, 6.45) is 3.38. The van der Waals surface area contributed by atoms with Crippen molar-refractivity contribution >= 4 is 5.91 Å². The van der Waals surface area contributed by atoms with Crippen molar-refractivity contribution in [1.82, 2.24) is 20.1 Å². The lowest BCUT2D eigenvalue weighted by Gasteiger charge is -2.13. The molecule has 3 N–H and O–H groups in total. The van der Waals surface area contributed by atoms with Gasteiger partial charge in [0.25, 0.3) is 0 Å². The monoisotopic (exact) mass is 225 g/mol. The van der Waals surface area contributed by atoms with Crippen LogP contribution in [0.1, 0.15) is 25.6 Å².